The maximum absolute atomic E-state index is 4.41. The highest BCUT2D eigenvalue weighted by atomic mass is 14.9. The second-order valence-corrected chi connectivity index (χ2v) is 7.01. The molecule has 0 spiro atoms. The van der Waals surface area contributed by atoms with Gasteiger partial charge < -0.3 is 0 Å². The quantitative estimate of drug-likeness (QED) is 0.759. The van der Waals surface area contributed by atoms with Gasteiger partial charge in [0.25, 0.3) is 0 Å². The lowest BCUT2D eigenvalue weighted by molar-refractivity contribution is 0.261. The second-order valence-electron chi connectivity index (χ2n) is 7.01. The minimum atomic E-state index is 0.653. The van der Waals surface area contributed by atoms with Gasteiger partial charge in [-0.25, -0.2) is 9.97 Å². The van der Waals surface area contributed by atoms with E-state index in [1.807, 2.05) is 19.3 Å². The number of aromatic nitrogens is 2. The van der Waals surface area contributed by atoms with Crippen LogP contribution in [0.1, 0.15) is 56.6 Å². The van der Waals surface area contributed by atoms with E-state index >= 15 is 0 Å². The Balaban J connectivity index is 1.72. The van der Waals surface area contributed by atoms with Gasteiger partial charge in [-0.15, -0.1) is 0 Å². The first-order valence-electron chi connectivity index (χ1n) is 8.52. The molecule has 2 nitrogen and oxygen atoms in total. The summed E-state index contributed by atoms with van der Waals surface area (Å²) < 4.78 is 0. The summed E-state index contributed by atoms with van der Waals surface area (Å²) in [5, 5.41) is 0. The first-order valence-corrected chi connectivity index (χ1v) is 8.52. The van der Waals surface area contributed by atoms with Crippen LogP contribution in [0.15, 0.2) is 36.7 Å². The fourth-order valence-corrected chi connectivity index (χ4v) is 3.54. The zero-order chi connectivity index (χ0) is 15.5. The molecule has 22 heavy (non-hydrogen) atoms. The summed E-state index contributed by atoms with van der Waals surface area (Å²) in [5.74, 6) is 3.24. The van der Waals surface area contributed by atoms with Crippen molar-refractivity contribution in [3.05, 3.63) is 47.8 Å². The lowest BCUT2D eigenvalue weighted by Gasteiger charge is -2.31. The third-order valence-electron chi connectivity index (χ3n) is 5.24. The predicted octanol–water partition coefficient (Wildman–Crippen LogP) is 5.38. The number of nitrogens with zero attached hydrogens (tertiary/aromatic N) is 2. The van der Waals surface area contributed by atoms with Gasteiger partial charge in [-0.3, -0.25) is 0 Å². The smallest absolute Gasteiger partial charge is 0.159 e. The van der Waals surface area contributed by atoms with Crippen molar-refractivity contribution in [3.8, 4) is 11.4 Å². The van der Waals surface area contributed by atoms with E-state index in [9.17, 15) is 0 Å². The molecule has 1 unspecified atom stereocenters. The molecule has 1 heterocycles. The van der Waals surface area contributed by atoms with Crippen molar-refractivity contribution in [2.75, 3.05) is 0 Å². The van der Waals surface area contributed by atoms with Gasteiger partial charge in [-0.2, -0.15) is 0 Å². The van der Waals surface area contributed by atoms with E-state index in [1.165, 1.54) is 31.2 Å². The number of aryl methyl sites for hydroxylation is 1. The fraction of sp³-hybridized carbons (Fsp3) is 0.500. The van der Waals surface area contributed by atoms with E-state index in [2.05, 4.69) is 48.1 Å². The zero-order valence-corrected chi connectivity index (χ0v) is 13.9. The molecule has 0 amide bonds. The number of benzene rings is 1. The van der Waals surface area contributed by atoms with Crippen molar-refractivity contribution in [2.45, 2.75) is 52.4 Å². The molecule has 1 fully saturated rings. The lowest BCUT2D eigenvalue weighted by atomic mass is 9.75. The van der Waals surface area contributed by atoms with Crippen molar-refractivity contribution < 1.29 is 0 Å². The third-order valence-corrected chi connectivity index (χ3v) is 5.24. The summed E-state index contributed by atoms with van der Waals surface area (Å²) in [5.41, 5.74) is 3.66. The van der Waals surface area contributed by atoms with E-state index in [1.54, 1.807) is 0 Å². The molecule has 3 rings (SSSR count). The summed E-state index contributed by atoms with van der Waals surface area (Å²) in [6, 6.07) is 8.87. The van der Waals surface area contributed by atoms with Crippen LogP contribution < -0.4 is 0 Å². The molecule has 0 saturated heterocycles. The van der Waals surface area contributed by atoms with E-state index in [0.29, 0.717) is 5.92 Å². The molecule has 1 aromatic carbocycles. The van der Waals surface area contributed by atoms with Gasteiger partial charge >= 0.3 is 0 Å². The fourth-order valence-electron chi connectivity index (χ4n) is 3.54. The van der Waals surface area contributed by atoms with Crippen LogP contribution in [0.2, 0.25) is 0 Å². The average molecular weight is 294 g/mol. The normalized spacial score (nSPS) is 23.2. The average Bonchev–Trinajstić information content (AvgIpc) is 2.56. The van der Waals surface area contributed by atoms with Crippen molar-refractivity contribution in [3.63, 3.8) is 0 Å². The van der Waals surface area contributed by atoms with Crippen molar-refractivity contribution in [2.24, 2.45) is 11.8 Å². The lowest BCUT2D eigenvalue weighted by Crippen LogP contribution is -2.17. The van der Waals surface area contributed by atoms with E-state index < -0.39 is 0 Å². The predicted molar refractivity (Wildman–Crippen MR) is 91.7 cm³/mol. The van der Waals surface area contributed by atoms with Gasteiger partial charge in [0, 0.05) is 18.0 Å². The molecule has 1 saturated carbocycles. The number of rotatable bonds is 3. The molecular formula is C20H26N2. The Kier molecular flexibility index (Phi) is 4.56. The van der Waals surface area contributed by atoms with Gasteiger partial charge in [0.15, 0.2) is 5.82 Å². The summed E-state index contributed by atoms with van der Waals surface area (Å²) >= 11 is 0. The van der Waals surface area contributed by atoms with Gasteiger partial charge in [-0.1, -0.05) is 51.0 Å². The minimum Gasteiger partial charge on any atom is -0.236 e. The standard InChI is InChI=1S/C20H26N2/c1-14-4-6-17(7-5-14)16(3)18-8-10-19(11-9-18)20-21-12-15(2)13-22-20/h8-14,16-17H,4-7H2,1-3H3. The summed E-state index contributed by atoms with van der Waals surface area (Å²) in [6.07, 6.45) is 9.30. The van der Waals surface area contributed by atoms with E-state index in [4.69, 9.17) is 0 Å². The molecule has 1 aromatic heterocycles. The molecule has 0 radical (unpaired) electrons. The summed E-state index contributed by atoms with van der Waals surface area (Å²) in [4.78, 5) is 8.82. The molecule has 0 N–H and O–H groups in total. The highest BCUT2D eigenvalue weighted by Gasteiger charge is 2.24. The van der Waals surface area contributed by atoms with Crippen molar-refractivity contribution in [1.82, 2.24) is 9.97 Å². The Labute approximate surface area is 134 Å². The van der Waals surface area contributed by atoms with Gasteiger partial charge in [0.2, 0.25) is 0 Å². The van der Waals surface area contributed by atoms with Crippen LogP contribution >= 0.6 is 0 Å². The molecule has 1 aliphatic rings. The first kappa shape index (κ1) is 15.2. The monoisotopic (exact) mass is 294 g/mol. The van der Waals surface area contributed by atoms with Gasteiger partial charge in [0.05, 0.1) is 0 Å². The number of hydrogen-bond acceptors (Lipinski definition) is 2. The first-order chi connectivity index (χ1) is 10.6. The molecule has 2 aromatic rings. The Bertz CT molecular complexity index is 593. The Hall–Kier alpha value is -1.70. The number of hydrogen-bond donors (Lipinski definition) is 0. The Morgan fingerprint density at radius 3 is 2.14 bits per heavy atom. The van der Waals surface area contributed by atoms with E-state index in [0.717, 1.165) is 28.8 Å². The maximum Gasteiger partial charge on any atom is 0.159 e. The van der Waals surface area contributed by atoms with Crippen LogP contribution in [0, 0.1) is 18.8 Å². The van der Waals surface area contributed by atoms with Crippen LogP contribution in [-0.2, 0) is 0 Å². The van der Waals surface area contributed by atoms with Crippen LogP contribution in [0.3, 0.4) is 0 Å². The van der Waals surface area contributed by atoms with Crippen LogP contribution in [-0.4, -0.2) is 9.97 Å². The second kappa shape index (κ2) is 6.60. The molecular weight excluding hydrogens is 268 g/mol. The highest BCUT2D eigenvalue weighted by molar-refractivity contribution is 5.55. The summed E-state index contributed by atoms with van der Waals surface area (Å²) in [7, 11) is 0. The van der Waals surface area contributed by atoms with Gasteiger partial charge in [-0.05, 0) is 48.6 Å². The molecule has 116 valence electrons. The van der Waals surface area contributed by atoms with E-state index in [-0.39, 0.29) is 0 Å². The molecule has 2 heteroatoms. The largest absolute Gasteiger partial charge is 0.236 e. The van der Waals surface area contributed by atoms with Crippen LogP contribution in [0.25, 0.3) is 11.4 Å². The van der Waals surface area contributed by atoms with Crippen molar-refractivity contribution >= 4 is 0 Å². The van der Waals surface area contributed by atoms with Gasteiger partial charge in [0.1, 0.15) is 0 Å². The van der Waals surface area contributed by atoms with Crippen LogP contribution in [0.4, 0.5) is 0 Å². The Morgan fingerprint density at radius 2 is 1.55 bits per heavy atom. The molecule has 1 atom stereocenters. The highest BCUT2D eigenvalue weighted by Crippen LogP contribution is 2.38. The third kappa shape index (κ3) is 3.37. The Morgan fingerprint density at radius 1 is 0.955 bits per heavy atom. The molecule has 0 bridgehead atoms. The van der Waals surface area contributed by atoms with Crippen molar-refractivity contribution in [1.29, 1.82) is 0 Å². The molecule has 1 aliphatic carbocycles. The minimum absolute atomic E-state index is 0.653. The topological polar surface area (TPSA) is 25.8 Å². The zero-order valence-electron chi connectivity index (χ0n) is 13.9. The van der Waals surface area contributed by atoms with Crippen LogP contribution in [0.5, 0.6) is 0 Å². The SMILES string of the molecule is Cc1cnc(-c2ccc(C(C)C3CCC(C)CC3)cc2)nc1. The maximum atomic E-state index is 4.41. The summed E-state index contributed by atoms with van der Waals surface area (Å²) in [6.45, 7) is 6.79. The molecule has 0 aliphatic heterocycles.